The van der Waals surface area contributed by atoms with Crippen molar-refractivity contribution in [2.75, 3.05) is 13.7 Å². The summed E-state index contributed by atoms with van der Waals surface area (Å²) in [6.07, 6.45) is 2.62. The van der Waals surface area contributed by atoms with Gasteiger partial charge in [-0.3, -0.25) is 9.68 Å². The lowest BCUT2D eigenvalue weighted by Crippen LogP contribution is -2.13. The molecule has 0 aromatic carbocycles. The highest BCUT2D eigenvalue weighted by molar-refractivity contribution is 4.71. The molecule has 1 aliphatic rings. The van der Waals surface area contributed by atoms with E-state index in [4.69, 9.17) is 4.84 Å². The van der Waals surface area contributed by atoms with E-state index in [1.165, 1.54) is 20.0 Å². The summed E-state index contributed by atoms with van der Waals surface area (Å²) in [6.45, 7) is 0.786. The van der Waals surface area contributed by atoms with Crippen LogP contribution in [0.1, 0.15) is 12.8 Å². The van der Waals surface area contributed by atoms with Crippen LogP contribution in [-0.2, 0) is 9.68 Å². The van der Waals surface area contributed by atoms with Gasteiger partial charge in [-0.1, -0.05) is 5.64 Å². The van der Waals surface area contributed by atoms with Crippen LogP contribution in [0.2, 0.25) is 0 Å². The maximum Gasteiger partial charge on any atom is 0.0737 e. The lowest BCUT2D eigenvalue weighted by molar-refractivity contribution is -0.154. The Morgan fingerprint density at radius 2 is 2.38 bits per heavy atom. The van der Waals surface area contributed by atoms with Gasteiger partial charge in [0.1, 0.15) is 0 Å². The van der Waals surface area contributed by atoms with Crippen LogP contribution in [0.25, 0.3) is 0 Å². The van der Waals surface area contributed by atoms with Crippen molar-refractivity contribution in [1.29, 1.82) is 0 Å². The van der Waals surface area contributed by atoms with Gasteiger partial charge in [-0.25, -0.2) is 0 Å². The summed E-state index contributed by atoms with van der Waals surface area (Å²) in [5.41, 5.74) is 2.32. The monoisotopic (exact) mass is 117 g/mol. The summed E-state index contributed by atoms with van der Waals surface area (Å²) in [5, 5.41) is 0. The third kappa shape index (κ3) is 2.26. The van der Waals surface area contributed by atoms with Crippen molar-refractivity contribution in [3.8, 4) is 0 Å². The smallest absolute Gasteiger partial charge is 0.0737 e. The van der Waals surface area contributed by atoms with Gasteiger partial charge in [0.25, 0.3) is 0 Å². The zero-order chi connectivity index (χ0) is 5.82. The third-order valence-electron chi connectivity index (χ3n) is 1.16. The number of hydrogen-bond acceptors (Lipinski definition) is 3. The largest absolute Gasteiger partial charge is 0.280 e. The molecular formula is C5H11NO2. The van der Waals surface area contributed by atoms with Crippen LogP contribution in [0.5, 0.6) is 0 Å². The molecule has 0 bridgehead atoms. The average molecular weight is 117 g/mol. The van der Waals surface area contributed by atoms with E-state index in [0.717, 1.165) is 12.5 Å². The predicted octanol–water partition coefficient (Wildman–Crippen LogP) is 0.479. The molecule has 0 atom stereocenters. The molecule has 0 radical (unpaired) electrons. The van der Waals surface area contributed by atoms with Crippen LogP contribution >= 0.6 is 0 Å². The fourth-order valence-electron chi connectivity index (χ4n) is 0.495. The van der Waals surface area contributed by atoms with E-state index in [2.05, 4.69) is 10.5 Å². The molecule has 8 heavy (non-hydrogen) atoms. The van der Waals surface area contributed by atoms with E-state index < -0.39 is 0 Å². The first-order chi connectivity index (χ1) is 3.93. The van der Waals surface area contributed by atoms with E-state index in [1.54, 1.807) is 0 Å². The fraction of sp³-hybridized carbons (Fsp3) is 1.00. The van der Waals surface area contributed by atoms with Crippen molar-refractivity contribution >= 4 is 0 Å². The van der Waals surface area contributed by atoms with Crippen LogP contribution in [0, 0.1) is 5.92 Å². The van der Waals surface area contributed by atoms with Crippen LogP contribution in [0.3, 0.4) is 0 Å². The Morgan fingerprint density at radius 3 is 2.88 bits per heavy atom. The SMILES string of the molecule is CONOCC1CC1. The molecule has 0 amide bonds. The topological polar surface area (TPSA) is 30.5 Å². The summed E-state index contributed by atoms with van der Waals surface area (Å²) in [6, 6.07) is 0. The first kappa shape index (κ1) is 6.01. The molecule has 0 unspecified atom stereocenters. The van der Waals surface area contributed by atoms with Crippen LogP contribution < -0.4 is 5.64 Å². The second-order valence-electron chi connectivity index (χ2n) is 2.04. The summed E-state index contributed by atoms with van der Waals surface area (Å²) in [7, 11) is 1.53. The molecule has 3 nitrogen and oxygen atoms in total. The molecule has 0 aromatic rings. The number of nitrogens with one attached hydrogen (secondary N) is 1. The fourth-order valence-corrected chi connectivity index (χ4v) is 0.495. The molecule has 3 heteroatoms. The van der Waals surface area contributed by atoms with E-state index in [9.17, 15) is 0 Å². The molecule has 1 rings (SSSR count). The van der Waals surface area contributed by atoms with Crippen LogP contribution in [0.4, 0.5) is 0 Å². The second-order valence-corrected chi connectivity index (χ2v) is 2.04. The van der Waals surface area contributed by atoms with Gasteiger partial charge in [-0.2, -0.15) is 0 Å². The van der Waals surface area contributed by atoms with Gasteiger partial charge in [0.05, 0.1) is 13.7 Å². The molecule has 0 spiro atoms. The summed E-state index contributed by atoms with van der Waals surface area (Å²) in [5.74, 6) is 0.789. The third-order valence-corrected chi connectivity index (χ3v) is 1.16. The van der Waals surface area contributed by atoms with Gasteiger partial charge in [0.15, 0.2) is 0 Å². The molecular weight excluding hydrogens is 106 g/mol. The Morgan fingerprint density at radius 1 is 1.62 bits per heavy atom. The Hall–Kier alpha value is -0.120. The summed E-state index contributed by atoms with van der Waals surface area (Å²) >= 11 is 0. The standard InChI is InChI=1S/C5H11NO2/c1-7-6-8-4-5-2-3-5/h5-6H,2-4H2,1H3. The Kier molecular flexibility index (Phi) is 2.27. The van der Waals surface area contributed by atoms with Gasteiger partial charge in [0, 0.05) is 0 Å². The molecule has 1 N–H and O–H groups in total. The zero-order valence-corrected chi connectivity index (χ0v) is 5.02. The Balaban J connectivity index is 1.74. The summed E-state index contributed by atoms with van der Waals surface area (Å²) < 4.78 is 0. The number of hydrogen-bond donors (Lipinski definition) is 1. The van der Waals surface area contributed by atoms with E-state index >= 15 is 0 Å². The average Bonchev–Trinajstić information content (AvgIpc) is 2.51. The Bertz CT molecular complexity index is 63.4. The van der Waals surface area contributed by atoms with Gasteiger partial charge in [-0.15, -0.1) is 0 Å². The van der Waals surface area contributed by atoms with Crippen LogP contribution in [-0.4, -0.2) is 13.7 Å². The van der Waals surface area contributed by atoms with E-state index in [1.807, 2.05) is 0 Å². The second kappa shape index (κ2) is 3.02. The maximum atomic E-state index is 4.83. The first-order valence-corrected chi connectivity index (χ1v) is 2.83. The minimum absolute atomic E-state index is 0.786. The van der Waals surface area contributed by atoms with Gasteiger partial charge >= 0.3 is 0 Å². The van der Waals surface area contributed by atoms with Crippen molar-refractivity contribution < 1.29 is 9.68 Å². The molecule has 0 aromatic heterocycles. The number of rotatable bonds is 4. The van der Waals surface area contributed by atoms with Crippen molar-refractivity contribution in [2.45, 2.75) is 12.8 Å². The first-order valence-electron chi connectivity index (χ1n) is 2.83. The van der Waals surface area contributed by atoms with Gasteiger partial charge in [-0.05, 0) is 18.8 Å². The van der Waals surface area contributed by atoms with Crippen molar-refractivity contribution in [3.63, 3.8) is 0 Å². The highest BCUT2D eigenvalue weighted by Gasteiger charge is 2.21. The molecule has 1 fully saturated rings. The van der Waals surface area contributed by atoms with Crippen molar-refractivity contribution in [1.82, 2.24) is 5.64 Å². The maximum absolute atomic E-state index is 4.83. The van der Waals surface area contributed by atoms with Crippen molar-refractivity contribution in [2.24, 2.45) is 5.92 Å². The molecule has 1 saturated carbocycles. The predicted molar refractivity (Wildman–Crippen MR) is 28.8 cm³/mol. The lowest BCUT2D eigenvalue weighted by Gasteiger charge is -1.98. The highest BCUT2D eigenvalue weighted by Crippen LogP contribution is 2.28. The van der Waals surface area contributed by atoms with Crippen LogP contribution in [0.15, 0.2) is 0 Å². The van der Waals surface area contributed by atoms with Gasteiger partial charge < -0.3 is 0 Å². The molecule has 0 heterocycles. The highest BCUT2D eigenvalue weighted by atomic mass is 16.9. The Labute approximate surface area is 48.9 Å². The minimum Gasteiger partial charge on any atom is -0.280 e. The lowest BCUT2D eigenvalue weighted by atomic mass is 10.5. The summed E-state index contributed by atoms with van der Waals surface area (Å²) in [4.78, 5) is 9.28. The quantitative estimate of drug-likeness (QED) is 0.429. The van der Waals surface area contributed by atoms with Crippen molar-refractivity contribution in [3.05, 3.63) is 0 Å². The molecule has 0 aliphatic heterocycles. The molecule has 1 aliphatic carbocycles. The molecule has 48 valence electrons. The van der Waals surface area contributed by atoms with E-state index in [-0.39, 0.29) is 0 Å². The minimum atomic E-state index is 0.786. The van der Waals surface area contributed by atoms with E-state index in [0.29, 0.717) is 0 Å². The normalized spacial score (nSPS) is 19.1. The molecule has 0 saturated heterocycles. The van der Waals surface area contributed by atoms with Gasteiger partial charge in [0.2, 0.25) is 0 Å². The zero-order valence-electron chi connectivity index (χ0n) is 5.02.